The fourth-order valence-corrected chi connectivity index (χ4v) is 3.40. The molecular weight excluding hydrogens is 353 g/mol. The topological polar surface area (TPSA) is 63.1 Å². The molecule has 0 aliphatic carbocycles. The van der Waals surface area contributed by atoms with Crippen LogP contribution < -0.4 is 10.6 Å². The number of thiophene rings is 1. The number of carbonyl (C=O) groups is 2. The van der Waals surface area contributed by atoms with Crippen molar-refractivity contribution in [1.82, 2.24) is 9.88 Å². The highest BCUT2D eigenvalue weighted by atomic mass is 32.1. The number of nitrogens with zero attached hydrogens (tertiary/aromatic N) is 1. The van der Waals surface area contributed by atoms with Gasteiger partial charge < -0.3 is 15.2 Å². The molecule has 0 radical (unpaired) electrons. The van der Waals surface area contributed by atoms with Crippen LogP contribution in [0.15, 0.2) is 60.2 Å². The van der Waals surface area contributed by atoms with E-state index >= 15 is 0 Å². The first-order valence-electron chi connectivity index (χ1n) is 8.06. The average Bonchev–Trinajstić information content (AvgIpc) is 3.29. The molecule has 26 heavy (non-hydrogen) atoms. The lowest BCUT2D eigenvalue weighted by Gasteiger charge is -2.16. The number of anilines is 1. The molecule has 2 amide bonds. The number of benzene rings is 1. The van der Waals surface area contributed by atoms with Gasteiger partial charge >= 0.3 is 0 Å². The smallest absolute Gasteiger partial charge is 0.226 e. The molecule has 0 saturated heterocycles. The standard InChI is InChI=1S/C19H18FN3O2S/c1-13(24)21-17(18-5-4-10-26-18)12-19(25)22-16-11-14(6-7-15(16)20)23-8-2-3-9-23/h2-11,17H,12H2,1H3,(H,21,24)(H,22,25). The minimum atomic E-state index is -0.513. The van der Waals surface area contributed by atoms with Crippen LogP contribution in [0.5, 0.6) is 0 Å². The Bertz CT molecular complexity index is 892. The van der Waals surface area contributed by atoms with Crippen molar-refractivity contribution >= 4 is 28.8 Å². The maximum Gasteiger partial charge on any atom is 0.226 e. The van der Waals surface area contributed by atoms with Crippen molar-refractivity contribution in [2.75, 3.05) is 5.32 Å². The first-order valence-corrected chi connectivity index (χ1v) is 8.94. The van der Waals surface area contributed by atoms with Crippen molar-refractivity contribution in [3.05, 3.63) is 70.9 Å². The number of hydrogen-bond donors (Lipinski definition) is 2. The van der Waals surface area contributed by atoms with E-state index in [2.05, 4.69) is 10.6 Å². The lowest BCUT2D eigenvalue weighted by Crippen LogP contribution is -2.29. The van der Waals surface area contributed by atoms with Crippen LogP contribution in [-0.2, 0) is 9.59 Å². The SMILES string of the molecule is CC(=O)NC(CC(=O)Nc1cc(-n2cccc2)ccc1F)c1cccs1. The van der Waals surface area contributed by atoms with Crippen molar-refractivity contribution in [1.29, 1.82) is 0 Å². The average molecular weight is 371 g/mol. The van der Waals surface area contributed by atoms with Crippen molar-refractivity contribution in [2.45, 2.75) is 19.4 Å². The Morgan fingerprint density at radius 1 is 1.19 bits per heavy atom. The van der Waals surface area contributed by atoms with Gasteiger partial charge in [0.2, 0.25) is 11.8 Å². The Hall–Kier alpha value is -2.93. The molecule has 1 unspecified atom stereocenters. The third kappa shape index (κ3) is 4.37. The summed E-state index contributed by atoms with van der Waals surface area (Å²) in [5, 5.41) is 7.24. The molecule has 3 rings (SSSR count). The van der Waals surface area contributed by atoms with Gasteiger partial charge in [0.05, 0.1) is 18.2 Å². The molecule has 0 aliphatic rings. The van der Waals surface area contributed by atoms with Gasteiger partial charge in [0.15, 0.2) is 0 Å². The van der Waals surface area contributed by atoms with Crippen molar-refractivity contribution in [2.24, 2.45) is 0 Å². The summed E-state index contributed by atoms with van der Waals surface area (Å²) >= 11 is 1.45. The fraction of sp³-hybridized carbons (Fsp3) is 0.158. The van der Waals surface area contributed by atoms with E-state index < -0.39 is 11.9 Å². The molecule has 0 aliphatic heterocycles. The summed E-state index contributed by atoms with van der Waals surface area (Å²) in [4.78, 5) is 24.7. The van der Waals surface area contributed by atoms with E-state index in [0.29, 0.717) is 0 Å². The molecule has 0 saturated carbocycles. The van der Waals surface area contributed by atoms with Crippen molar-refractivity contribution in [3.8, 4) is 5.69 Å². The Morgan fingerprint density at radius 3 is 2.62 bits per heavy atom. The molecule has 2 aromatic heterocycles. The van der Waals surface area contributed by atoms with Crippen LogP contribution in [0.25, 0.3) is 5.69 Å². The van der Waals surface area contributed by atoms with Gasteiger partial charge in [-0.15, -0.1) is 11.3 Å². The van der Waals surface area contributed by atoms with Crippen LogP contribution >= 0.6 is 11.3 Å². The maximum atomic E-state index is 14.1. The van der Waals surface area contributed by atoms with Crippen molar-refractivity contribution in [3.63, 3.8) is 0 Å². The Balaban J connectivity index is 1.74. The first-order chi connectivity index (χ1) is 12.5. The van der Waals surface area contributed by atoms with E-state index in [4.69, 9.17) is 0 Å². The van der Waals surface area contributed by atoms with Gasteiger partial charge in [0, 0.05) is 29.9 Å². The Morgan fingerprint density at radius 2 is 1.96 bits per heavy atom. The van der Waals surface area contributed by atoms with Gasteiger partial charge in [-0.1, -0.05) is 6.07 Å². The zero-order valence-corrected chi connectivity index (χ0v) is 14.9. The van der Waals surface area contributed by atoms with E-state index in [1.807, 2.05) is 46.6 Å². The third-order valence-electron chi connectivity index (χ3n) is 3.78. The van der Waals surface area contributed by atoms with Crippen LogP contribution in [0.1, 0.15) is 24.3 Å². The molecular formula is C19H18FN3O2S. The summed E-state index contributed by atoms with van der Waals surface area (Å²) in [6, 6.07) is 11.5. The highest BCUT2D eigenvalue weighted by Gasteiger charge is 2.19. The van der Waals surface area contributed by atoms with Gasteiger partial charge in [-0.2, -0.15) is 0 Å². The second kappa shape index (κ2) is 7.97. The number of halogens is 1. The van der Waals surface area contributed by atoms with Crippen molar-refractivity contribution < 1.29 is 14.0 Å². The van der Waals surface area contributed by atoms with Crippen LogP contribution in [-0.4, -0.2) is 16.4 Å². The molecule has 5 nitrogen and oxygen atoms in total. The largest absolute Gasteiger partial charge is 0.348 e. The summed E-state index contributed by atoms with van der Waals surface area (Å²) in [7, 11) is 0. The second-order valence-electron chi connectivity index (χ2n) is 5.78. The quantitative estimate of drug-likeness (QED) is 0.691. The minimum Gasteiger partial charge on any atom is -0.348 e. The number of hydrogen-bond acceptors (Lipinski definition) is 3. The Kier molecular flexibility index (Phi) is 5.48. The zero-order valence-electron chi connectivity index (χ0n) is 14.1. The zero-order chi connectivity index (χ0) is 18.5. The molecule has 2 heterocycles. The van der Waals surface area contributed by atoms with Crippen LogP contribution in [0.3, 0.4) is 0 Å². The molecule has 134 valence electrons. The summed E-state index contributed by atoms with van der Waals surface area (Å²) in [6.07, 6.45) is 3.69. The molecule has 0 spiro atoms. The number of aromatic nitrogens is 1. The van der Waals surface area contributed by atoms with Crippen LogP contribution in [0.2, 0.25) is 0 Å². The highest BCUT2D eigenvalue weighted by Crippen LogP contribution is 2.24. The maximum absolute atomic E-state index is 14.1. The summed E-state index contributed by atoms with van der Waals surface area (Å²) in [5.74, 6) is -1.11. The molecule has 0 bridgehead atoms. The minimum absolute atomic E-state index is 0.0211. The second-order valence-corrected chi connectivity index (χ2v) is 6.75. The predicted molar refractivity (Wildman–Crippen MR) is 99.9 cm³/mol. The monoisotopic (exact) mass is 371 g/mol. The molecule has 7 heteroatoms. The highest BCUT2D eigenvalue weighted by molar-refractivity contribution is 7.10. The van der Waals surface area contributed by atoms with Gasteiger partial charge in [0.25, 0.3) is 0 Å². The lowest BCUT2D eigenvalue weighted by atomic mass is 10.1. The van der Waals surface area contributed by atoms with Gasteiger partial charge in [0.1, 0.15) is 5.82 Å². The van der Waals surface area contributed by atoms with E-state index in [1.165, 1.54) is 24.3 Å². The van der Waals surface area contributed by atoms with E-state index in [9.17, 15) is 14.0 Å². The number of nitrogens with one attached hydrogen (secondary N) is 2. The predicted octanol–water partition coefficient (Wildman–Crippen LogP) is 3.88. The summed E-state index contributed by atoms with van der Waals surface area (Å²) in [6.45, 7) is 1.40. The molecule has 1 atom stereocenters. The molecule has 2 N–H and O–H groups in total. The van der Waals surface area contributed by atoms with E-state index in [1.54, 1.807) is 12.1 Å². The van der Waals surface area contributed by atoms with Crippen LogP contribution in [0.4, 0.5) is 10.1 Å². The van der Waals surface area contributed by atoms with Gasteiger partial charge in [-0.3, -0.25) is 9.59 Å². The third-order valence-corrected chi connectivity index (χ3v) is 4.77. The summed E-state index contributed by atoms with van der Waals surface area (Å²) in [5.41, 5.74) is 0.845. The molecule has 3 aromatic rings. The van der Waals surface area contributed by atoms with Crippen LogP contribution in [0, 0.1) is 5.82 Å². The van der Waals surface area contributed by atoms with E-state index in [0.717, 1.165) is 10.6 Å². The number of amides is 2. The summed E-state index contributed by atoms with van der Waals surface area (Å²) < 4.78 is 15.9. The lowest BCUT2D eigenvalue weighted by molar-refractivity contribution is -0.120. The van der Waals surface area contributed by atoms with E-state index in [-0.39, 0.29) is 23.9 Å². The van der Waals surface area contributed by atoms with Gasteiger partial charge in [-0.25, -0.2) is 4.39 Å². The Labute approximate surface area is 154 Å². The van der Waals surface area contributed by atoms with Gasteiger partial charge in [-0.05, 0) is 41.8 Å². The first kappa shape index (κ1) is 17.9. The fourth-order valence-electron chi connectivity index (χ4n) is 2.62. The number of rotatable bonds is 6. The number of carbonyl (C=O) groups excluding carboxylic acids is 2. The normalized spacial score (nSPS) is 11.8. The molecule has 0 fully saturated rings. The molecule has 1 aromatic carbocycles.